The maximum Gasteiger partial charge on any atom is 0.263 e. The standard InChI is InChI=1S/C16H15N3O3S2/c1-11-3-4-12(15-7-8-18-23-15)9-14(11)19-24(20,21)13-5-6-16(22-2)17-10-13/h3-10,19H,1-2H3. The first kappa shape index (κ1) is 16.4. The number of rotatable bonds is 5. The Bertz CT molecular complexity index is 937. The molecule has 0 bridgehead atoms. The molecule has 2 heterocycles. The molecule has 0 saturated heterocycles. The van der Waals surface area contributed by atoms with Gasteiger partial charge in [0, 0.05) is 12.3 Å². The highest BCUT2D eigenvalue weighted by atomic mass is 32.2. The van der Waals surface area contributed by atoms with Crippen LogP contribution in [0.25, 0.3) is 10.4 Å². The number of methoxy groups -OCH3 is 1. The third kappa shape index (κ3) is 3.39. The van der Waals surface area contributed by atoms with Gasteiger partial charge in [-0.25, -0.2) is 17.8 Å². The van der Waals surface area contributed by atoms with Crippen LogP contribution < -0.4 is 9.46 Å². The SMILES string of the molecule is COc1ccc(S(=O)(=O)Nc2cc(-c3ccns3)ccc2C)cn1. The molecule has 0 aliphatic rings. The van der Waals surface area contributed by atoms with Crippen LogP contribution in [0.5, 0.6) is 5.88 Å². The summed E-state index contributed by atoms with van der Waals surface area (Å²) in [5.74, 6) is 0.359. The Morgan fingerprint density at radius 2 is 2.00 bits per heavy atom. The minimum absolute atomic E-state index is 0.0749. The van der Waals surface area contributed by atoms with E-state index in [0.29, 0.717) is 11.6 Å². The number of aromatic nitrogens is 2. The molecule has 1 N–H and O–H groups in total. The van der Waals surface area contributed by atoms with Crippen LogP contribution in [0.2, 0.25) is 0 Å². The summed E-state index contributed by atoms with van der Waals surface area (Å²) in [7, 11) is -2.25. The van der Waals surface area contributed by atoms with E-state index in [1.54, 1.807) is 12.3 Å². The third-order valence-corrected chi connectivity index (χ3v) is 5.58. The summed E-state index contributed by atoms with van der Waals surface area (Å²) in [6.07, 6.45) is 2.98. The molecule has 0 amide bonds. The van der Waals surface area contributed by atoms with Crippen LogP contribution in [0.1, 0.15) is 5.56 Å². The Hall–Kier alpha value is -2.45. The van der Waals surface area contributed by atoms with E-state index in [9.17, 15) is 8.42 Å². The fraction of sp³-hybridized carbons (Fsp3) is 0.125. The Morgan fingerprint density at radius 3 is 2.62 bits per heavy atom. The lowest BCUT2D eigenvalue weighted by Crippen LogP contribution is -2.14. The van der Waals surface area contributed by atoms with E-state index in [2.05, 4.69) is 14.1 Å². The summed E-state index contributed by atoms with van der Waals surface area (Å²) in [4.78, 5) is 4.99. The van der Waals surface area contributed by atoms with Crippen LogP contribution in [-0.2, 0) is 10.0 Å². The Balaban J connectivity index is 1.93. The van der Waals surface area contributed by atoms with E-state index < -0.39 is 10.0 Å². The van der Waals surface area contributed by atoms with Crippen molar-refractivity contribution in [2.24, 2.45) is 0 Å². The van der Waals surface area contributed by atoms with Gasteiger partial charge in [0.2, 0.25) is 5.88 Å². The third-order valence-electron chi connectivity index (χ3n) is 3.43. The van der Waals surface area contributed by atoms with E-state index in [1.165, 1.54) is 37.0 Å². The molecular weight excluding hydrogens is 346 g/mol. The second kappa shape index (κ2) is 6.58. The van der Waals surface area contributed by atoms with Crippen LogP contribution >= 0.6 is 11.5 Å². The van der Waals surface area contributed by atoms with Crippen molar-refractivity contribution in [3.63, 3.8) is 0 Å². The van der Waals surface area contributed by atoms with Gasteiger partial charge in [-0.3, -0.25) is 4.72 Å². The van der Waals surface area contributed by atoms with Crippen molar-refractivity contribution in [3.8, 4) is 16.3 Å². The summed E-state index contributed by atoms with van der Waals surface area (Å²) in [5.41, 5.74) is 2.26. The summed E-state index contributed by atoms with van der Waals surface area (Å²) in [6.45, 7) is 1.85. The summed E-state index contributed by atoms with van der Waals surface area (Å²) >= 11 is 1.36. The summed E-state index contributed by atoms with van der Waals surface area (Å²) in [6, 6.07) is 10.5. The molecule has 3 aromatic rings. The number of hydrogen-bond donors (Lipinski definition) is 1. The van der Waals surface area contributed by atoms with Crippen molar-refractivity contribution in [1.82, 2.24) is 9.36 Å². The number of hydrogen-bond acceptors (Lipinski definition) is 6. The predicted molar refractivity (Wildman–Crippen MR) is 93.9 cm³/mol. The fourth-order valence-electron chi connectivity index (χ4n) is 2.10. The lowest BCUT2D eigenvalue weighted by molar-refractivity contribution is 0.397. The number of anilines is 1. The molecule has 6 nitrogen and oxygen atoms in total. The molecule has 0 spiro atoms. The maximum absolute atomic E-state index is 12.5. The van der Waals surface area contributed by atoms with E-state index in [1.807, 2.05) is 25.1 Å². The number of nitrogens with one attached hydrogen (secondary N) is 1. The summed E-state index contributed by atoms with van der Waals surface area (Å²) in [5, 5.41) is 0. The number of aryl methyl sites for hydroxylation is 1. The van der Waals surface area contributed by atoms with Gasteiger partial charge in [0.05, 0.1) is 23.9 Å². The van der Waals surface area contributed by atoms with Gasteiger partial charge in [-0.1, -0.05) is 12.1 Å². The number of ether oxygens (including phenoxy) is 1. The average molecular weight is 361 g/mol. The van der Waals surface area contributed by atoms with Crippen molar-refractivity contribution in [3.05, 3.63) is 54.4 Å². The Kier molecular flexibility index (Phi) is 4.50. The molecular formula is C16H15N3O3S2. The van der Waals surface area contributed by atoms with E-state index in [0.717, 1.165) is 16.0 Å². The van der Waals surface area contributed by atoms with Crippen molar-refractivity contribution in [2.45, 2.75) is 11.8 Å². The molecule has 2 aromatic heterocycles. The van der Waals surface area contributed by atoms with Crippen LogP contribution in [0.3, 0.4) is 0 Å². The first-order valence-corrected chi connectivity index (χ1v) is 9.30. The molecule has 0 aliphatic carbocycles. The molecule has 8 heteroatoms. The highest BCUT2D eigenvalue weighted by Gasteiger charge is 2.16. The smallest absolute Gasteiger partial charge is 0.263 e. The summed E-state index contributed by atoms with van der Waals surface area (Å²) < 4.78 is 36.7. The monoisotopic (exact) mass is 361 g/mol. The van der Waals surface area contributed by atoms with Crippen molar-refractivity contribution in [2.75, 3.05) is 11.8 Å². The number of nitrogens with zero attached hydrogens (tertiary/aromatic N) is 2. The first-order valence-electron chi connectivity index (χ1n) is 7.04. The normalized spacial score (nSPS) is 11.2. The minimum atomic E-state index is -3.73. The molecule has 0 aliphatic heterocycles. The average Bonchev–Trinajstić information content (AvgIpc) is 3.11. The van der Waals surface area contributed by atoms with E-state index >= 15 is 0 Å². The molecule has 0 radical (unpaired) electrons. The second-order valence-corrected chi connectivity index (χ2v) is 7.56. The van der Waals surface area contributed by atoms with Crippen LogP contribution in [0, 0.1) is 6.92 Å². The molecule has 124 valence electrons. The van der Waals surface area contributed by atoms with Gasteiger partial charge in [0.1, 0.15) is 4.90 Å². The van der Waals surface area contributed by atoms with Crippen LogP contribution in [0.15, 0.2) is 53.7 Å². The van der Waals surface area contributed by atoms with Crippen LogP contribution in [0.4, 0.5) is 5.69 Å². The largest absolute Gasteiger partial charge is 0.481 e. The van der Waals surface area contributed by atoms with Crippen molar-refractivity contribution < 1.29 is 13.2 Å². The molecule has 0 saturated carbocycles. The zero-order valence-electron chi connectivity index (χ0n) is 13.1. The predicted octanol–water partition coefficient (Wildman–Crippen LogP) is 3.32. The first-order chi connectivity index (χ1) is 11.5. The molecule has 24 heavy (non-hydrogen) atoms. The molecule has 0 atom stereocenters. The molecule has 0 fully saturated rings. The molecule has 3 rings (SSSR count). The lowest BCUT2D eigenvalue weighted by atomic mass is 10.1. The van der Waals surface area contributed by atoms with Crippen molar-refractivity contribution in [1.29, 1.82) is 0 Å². The number of pyridine rings is 1. The van der Waals surface area contributed by atoms with E-state index in [4.69, 9.17) is 4.74 Å². The second-order valence-electron chi connectivity index (χ2n) is 5.05. The van der Waals surface area contributed by atoms with E-state index in [-0.39, 0.29) is 4.90 Å². The van der Waals surface area contributed by atoms with Gasteiger partial charge in [0.15, 0.2) is 0 Å². The highest BCUT2D eigenvalue weighted by molar-refractivity contribution is 7.92. The highest BCUT2D eigenvalue weighted by Crippen LogP contribution is 2.29. The maximum atomic E-state index is 12.5. The Morgan fingerprint density at radius 1 is 1.17 bits per heavy atom. The van der Waals surface area contributed by atoms with Crippen molar-refractivity contribution >= 4 is 27.2 Å². The molecule has 1 aromatic carbocycles. The van der Waals surface area contributed by atoms with Gasteiger partial charge in [-0.15, -0.1) is 0 Å². The zero-order chi connectivity index (χ0) is 17.2. The quantitative estimate of drug-likeness (QED) is 0.754. The fourth-order valence-corrected chi connectivity index (χ4v) is 3.76. The van der Waals surface area contributed by atoms with Gasteiger partial charge < -0.3 is 4.74 Å². The minimum Gasteiger partial charge on any atom is -0.481 e. The van der Waals surface area contributed by atoms with Gasteiger partial charge in [-0.2, -0.15) is 0 Å². The van der Waals surface area contributed by atoms with Crippen LogP contribution in [-0.4, -0.2) is 24.9 Å². The molecule has 0 unspecified atom stereocenters. The lowest BCUT2D eigenvalue weighted by Gasteiger charge is -2.12. The van der Waals surface area contributed by atoms with Gasteiger partial charge in [-0.05, 0) is 47.8 Å². The van der Waals surface area contributed by atoms with Gasteiger partial charge in [0.25, 0.3) is 10.0 Å². The Labute approximate surface area is 144 Å². The topological polar surface area (TPSA) is 81.2 Å². The van der Waals surface area contributed by atoms with Gasteiger partial charge >= 0.3 is 0 Å². The number of sulfonamides is 1. The zero-order valence-corrected chi connectivity index (χ0v) is 14.7. The number of benzene rings is 1.